The molecule has 15 nitrogen and oxygen atoms in total. The summed E-state index contributed by atoms with van der Waals surface area (Å²) in [6.45, 7) is 7.90. The fraction of sp³-hybridized carbons (Fsp3) is 0.391. The van der Waals surface area contributed by atoms with Crippen molar-refractivity contribution in [2.24, 2.45) is 20.8 Å². The van der Waals surface area contributed by atoms with Gasteiger partial charge in [0.2, 0.25) is 5.91 Å². The smallest absolute Gasteiger partial charge is 0.309 e. The molecular formula is C46H47N9O6S2. The highest BCUT2D eigenvalue weighted by Gasteiger charge is 2.42. The van der Waals surface area contributed by atoms with Gasteiger partial charge in [-0.3, -0.25) is 19.6 Å². The van der Waals surface area contributed by atoms with Crippen molar-refractivity contribution in [3.63, 3.8) is 0 Å². The molecule has 0 unspecified atom stereocenters. The van der Waals surface area contributed by atoms with E-state index >= 15 is 0 Å². The molecule has 7 heterocycles. The molecule has 3 aliphatic heterocycles. The van der Waals surface area contributed by atoms with Gasteiger partial charge < -0.3 is 34.9 Å². The van der Waals surface area contributed by atoms with Gasteiger partial charge in [-0.25, -0.2) is 19.9 Å². The molecule has 3 N–H and O–H groups in total. The SMILES string of the molecule is COc1cc2c(cc1Nc1ncnc3sc4c(c13)CC[C@@](C)(C(=O)N1CCOCC1)C4)C=NC2.COc1cc2c(cc1Nc1ncnc3sc4c(c13)CC[C@@](C)(C(=O)O)C4)C=NC2. The number of ether oxygens (including phenoxy) is 3. The number of hydrogen-bond donors (Lipinski definition) is 3. The molecule has 11 rings (SSSR count). The van der Waals surface area contributed by atoms with E-state index in [-0.39, 0.29) is 5.91 Å². The topological polar surface area (TPSA) is 186 Å². The van der Waals surface area contributed by atoms with Crippen LogP contribution in [-0.2, 0) is 53.1 Å². The Labute approximate surface area is 371 Å². The van der Waals surface area contributed by atoms with E-state index in [1.54, 1.807) is 49.5 Å². The van der Waals surface area contributed by atoms with E-state index in [4.69, 9.17) is 14.2 Å². The number of aromatic nitrogens is 4. The first-order valence-corrected chi connectivity index (χ1v) is 22.7. The average molecular weight is 886 g/mol. The summed E-state index contributed by atoms with van der Waals surface area (Å²) in [4.78, 5) is 58.0. The van der Waals surface area contributed by atoms with Gasteiger partial charge in [-0.15, -0.1) is 22.7 Å². The highest BCUT2D eigenvalue weighted by Crippen LogP contribution is 2.47. The molecule has 0 spiro atoms. The molecular weight excluding hydrogens is 839 g/mol. The van der Waals surface area contributed by atoms with Gasteiger partial charge >= 0.3 is 5.97 Å². The highest BCUT2D eigenvalue weighted by molar-refractivity contribution is 7.19. The Kier molecular flexibility index (Phi) is 10.6. The Morgan fingerprint density at radius 1 is 0.730 bits per heavy atom. The molecule has 2 atom stereocenters. The molecule has 17 heteroatoms. The quantitative estimate of drug-likeness (QED) is 0.136. The number of carbonyl (C=O) groups is 2. The van der Waals surface area contributed by atoms with Crippen LogP contribution in [0.1, 0.15) is 69.8 Å². The number of aliphatic carboxylic acids is 1. The largest absolute Gasteiger partial charge is 0.495 e. The van der Waals surface area contributed by atoms with E-state index in [2.05, 4.69) is 53.5 Å². The standard InChI is InChI=1S/C25H27N5O3S.C21H20N4O3S/c1-25(24(31)30-5-7-33-8-6-30)4-3-17-20(11-25)34-23-21(17)22(27-14-28-23)29-18-9-15-12-26-13-16(15)10-19(18)32-2;1-21(20(26)27)4-3-13-16(7-21)29-19-17(13)18(23-10-24-19)25-14-5-11-8-22-9-12(11)6-15(14)28-2/h9-10,12,14H,3-8,11,13H2,1-2H3,(H,27,28,29);5-6,8,10H,3-4,7,9H2,1-2H3,(H,26,27)(H,23,24,25)/t25-;21-/m11/s1. The third-order valence-electron chi connectivity index (χ3n) is 13.0. The number of fused-ring (bicyclic) bond motifs is 8. The van der Waals surface area contributed by atoms with Crippen LogP contribution in [0.5, 0.6) is 11.5 Å². The van der Waals surface area contributed by atoms with Gasteiger partial charge in [0.25, 0.3) is 0 Å². The van der Waals surface area contributed by atoms with Crippen molar-refractivity contribution >= 4 is 90.4 Å². The number of thiophene rings is 2. The summed E-state index contributed by atoms with van der Waals surface area (Å²) in [7, 11) is 3.33. The third-order valence-corrected chi connectivity index (χ3v) is 15.3. The maximum Gasteiger partial charge on any atom is 0.309 e. The van der Waals surface area contributed by atoms with Gasteiger partial charge in [-0.05, 0) is 103 Å². The summed E-state index contributed by atoms with van der Waals surface area (Å²) >= 11 is 3.25. The molecule has 0 saturated carbocycles. The van der Waals surface area contributed by atoms with Gasteiger partial charge in [-0.1, -0.05) is 6.92 Å². The number of anilines is 4. The summed E-state index contributed by atoms with van der Waals surface area (Å²) in [6.07, 6.45) is 11.1. The first kappa shape index (κ1) is 41.0. The van der Waals surface area contributed by atoms with Crippen molar-refractivity contribution in [1.29, 1.82) is 0 Å². The molecule has 0 radical (unpaired) electrons. The van der Waals surface area contributed by atoms with Gasteiger partial charge in [-0.2, -0.15) is 0 Å². The summed E-state index contributed by atoms with van der Waals surface area (Å²) in [6, 6.07) is 8.13. The highest BCUT2D eigenvalue weighted by atomic mass is 32.1. The second-order valence-electron chi connectivity index (χ2n) is 17.2. The Hall–Kier alpha value is -6.04. The molecule has 324 valence electrons. The zero-order valence-electron chi connectivity index (χ0n) is 35.5. The number of morpholine rings is 1. The summed E-state index contributed by atoms with van der Waals surface area (Å²) < 4.78 is 16.7. The molecule has 1 saturated heterocycles. The number of carboxylic acid groups (broad SMARTS) is 1. The van der Waals surface area contributed by atoms with Crippen LogP contribution in [-0.4, -0.2) is 94.8 Å². The Balaban J connectivity index is 0.000000152. The molecule has 63 heavy (non-hydrogen) atoms. The molecule has 0 bridgehead atoms. The lowest BCUT2D eigenvalue weighted by molar-refractivity contribution is -0.148. The second kappa shape index (κ2) is 16.3. The molecule has 2 aliphatic carbocycles. The number of aliphatic imine (C=N–C) groups is 2. The van der Waals surface area contributed by atoms with Crippen LogP contribution in [0.25, 0.3) is 20.4 Å². The van der Waals surface area contributed by atoms with Crippen LogP contribution in [0.4, 0.5) is 23.0 Å². The zero-order chi connectivity index (χ0) is 43.5. The number of nitrogens with zero attached hydrogens (tertiary/aromatic N) is 7. The van der Waals surface area contributed by atoms with E-state index in [1.165, 1.54) is 10.4 Å². The van der Waals surface area contributed by atoms with Gasteiger partial charge in [0.15, 0.2) is 0 Å². The Morgan fingerprint density at radius 2 is 1.22 bits per heavy atom. The van der Waals surface area contributed by atoms with E-state index in [1.807, 2.05) is 42.5 Å². The van der Waals surface area contributed by atoms with Crippen molar-refractivity contribution in [2.75, 3.05) is 51.2 Å². The predicted molar refractivity (Wildman–Crippen MR) is 245 cm³/mol. The van der Waals surface area contributed by atoms with Crippen LogP contribution in [0.2, 0.25) is 0 Å². The number of rotatable bonds is 8. The van der Waals surface area contributed by atoms with Gasteiger partial charge in [0, 0.05) is 35.3 Å². The van der Waals surface area contributed by atoms with Crippen molar-refractivity contribution in [3.05, 3.63) is 80.1 Å². The number of amides is 1. The zero-order valence-corrected chi connectivity index (χ0v) is 37.2. The van der Waals surface area contributed by atoms with Crippen LogP contribution < -0.4 is 20.1 Å². The Morgan fingerprint density at radius 3 is 1.71 bits per heavy atom. The predicted octanol–water partition coefficient (Wildman–Crippen LogP) is 7.69. The maximum atomic E-state index is 13.4. The van der Waals surface area contributed by atoms with E-state index in [9.17, 15) is 14.7 Å². The number of nitrogens with one attached hydrogen (secondary N) is 2. The minimum Gasteiger partial charge on any atom is -0.495 e. The number of carbonyl (C=O) groups excluding carboxylic acids is 1. The number of hydrogen-bond acceptors (Lipinski definition) is 15. The maximum absolute atomic E-state index is 13.4. The molecule has 5 aliphatic rings. The lowest BCUT2D eigenvalue weighted by Gasteiger charge is -2.38. The first-order chi connectivity index (χ1) is 30.5. The van der Waals surface area contributed by atoms with Crippen molar-refractivity contribution in [2.45, 2.75) is 65.5 Å². The van der Waals surface area contributed by atoms with Crippen molar-refractivity contribution in [1.82, 2.24) is 24.8 Å². The van der Waals surface area contributed by atoms with Crippen LogP contribution >= 0.6 is 22.7 Å². The number of benzene rings is 2. The van der Waals surface area contributed by atoms with Crippen LogP contribution in [0, 0.1) is 10.8 Å². The lowest BCUT2D eigenvalue weighted by Crippen LogP contribution is -2.49. The van der Waals surface area contributed by atoms with E-state index in [0.29, 0.717) is 58.7 Å². The van der Waals surface area contributed by atoms with E-state index in [0.717, 1.165) is 107 Å². The fourth-order valence-electron chi connectivity index (χ4n) is 9.34. The molecule has 1 fully saturated rings. The fourth-order valence-corrected chi connectivity index (χ4v) is 12.1. The monoisotopic (exact) mass is 885 g/mol. The molecule has 1 amide bonds. The molecule has 2 aromatic carbocycles. The van der Waals surface area contributed by atoms with Gasteiger partial charge in [0.1, 0.15) is 45.5 Å². The first-order valence-electron chi connectivity index (χ1n) is 21.1. The number of aryl methyl sites for hydroxylation is 2. The Bertz CT molecular complexity index is 2890. The summed E-state index contributed by atoms with van der Waals surface area (Å²) in [5.74, 6) is 2.51. The normalized spacial score (nSPS) is 20.7. The van der Waals surface area contributed by atoms with Crippen molar-refractivity contribution < 1.29 is 28.9 Å². The second-order valence-corrected chi connectivity index (χ2v) is 19.4. The number of methoxy groups -OCH3 is 2. The third kappa shape index (κ3) is 7.44. The summed E-state index contributed by atoms with van der Waals surface area (Å²) in [5.41, 5.74) is 7.45. The summed E-state index contributed by atoms with van der Waals surface area (Å²) in [5, 5.41) is 18.6. The van der Waals surface area contributed by atoms with Crippen molar-refractivity contribution in [3.8, 4) is 11.5 Å². The lowest BCUT2D eigenvalue weighted by atomic mass is 9.74. The molecule has 4 aromatic heterocycles. The molecule has 6 aromatic rings. The number of carboxylic acids is 1. The van der Waals surface area contributed by atoms with Gasteiger partial charge in [0.05, 0.1) is 73.5 Å². The minimum absolute atomic E-state index is 0.243. The van der Waals surface area contributed by atoms with Crippen LogP contribution in [0.15, 0.2) is 46.9 Å². The average Bonchev–Trinajstić information content (AvgIpc) is 4.10. The van der Waals surface area contributed by atoms with E-state index < -0.39 is 16.8 Å². The minimum atomic E-state index is -0.741. The van der Waals surface area contributed by atoms with Crippen LogP contribution in [0.3, 0.4) is 0 Å².